The van der Waals surface area contributed by atoms with E-state index in [0.29, 0.717) is 12.1 Å². The minimum Gasteiger partial charge on any atom is -0.388 e. The molecule has 1 heterocycles. The number of β-amino-alcohol motifs (C(OH)–C–C–N with tert-alkyl or cyclic N) is 1. The van der Waals surface area contributed by atoms with Crippen molar-refractivity contribution in [2.45, 2.75) is 37.7 Å². The van der Waals surface area contributed by atoms with Crippen LogP contribution in [0, 0.1) is 0 Å². The largest absolute Gasteiger partial charge is 0.388 e. The minimum atomic E-state index is -0.737. The molecule has 0 atom stereocenters. The van der Waals surface area contributed by atoms with Crippen LogP contribution in [-0.2, 0) is 0 Å². The van der Waals surface area contributed by atoms with Crippen molar-refractivity contribution < 1.29 is 9.90 Å². The molecule has 100 valence electrons. The summed E-state index contributed by atoms with van der Waals surface area (Å²) in [7, 11) is 0. The van der Waals surface area contributed by atoms with Gasteiger partial charge in [0.05, 0.1) is 12.1 Å². The van der Waals surface area contributed by atoms with Gasteiger partial charge in [0.2, 0.25) is 0 Å². The lowest BCUT2D eigenvalue weighted by Crippen LogP contribution is -2.44. The average Bonchev–Trinajstić information content (AvgIpc) is 2.65. The van der Waals surface area contributed by atoms with Crippen molar-refractivity contribution in [3.8, 4) is 0 Å². The summed E-state index contributed by atoms with van der Waals surface area (Å²) in [5, 5.41) is 10.6. The molecule has 0 spiro atoms. The first-order valence-electron chi connectivity index (χ1n) is 6.93. The van der Waals surface area contributed by atoms with Crippen molar-refractivity contribution in [2.75, 3.05) is 6.54 Å². The summed E-state index contributed by atoms with van der Waals surface area (Å²) in [6, 6.07) is 7.52. The van der Waals surface area contributed by atoms with Gasteiger partial charge in [0.1, 0.15) is 0 Å². The van der Waals surface area contributed by atoms with E-state index in [0.717, 1.165) is 36.9 Å². The highest BCUT2D eigenvalue weighted by atomic mass is 16.3. The Morgan fingerprint density at radius 1 is 1.16 bits per heavy atom. The van der Waals surface area contributed by atoms with E-state index in [1.807, 2.05) is 24.3 Å². The molecule has 1 aromatic carbocycles. The Kier molecular flexibility index (Phi) is 2.94. The Bertz CT molecular complexity index is 494. The molecule has 1 N–H and O–H groups in total. The van der Waals surface area contributed by atoms with Gasteiger partial charge in [0.15, 0.2) is 0 Å². The molecule has 19 heavy (non-hydrogen) atoms. The molecule has 1 aliphatic carbocycles. The highest BCUT2D eigenvalue weighted by Gasteiger charge is 2.38. The fourth-order valence-electron chi connectivity index (χ4n) is 3.16. The number of nitrogens with zero attached hydrogens (tertiary/aromatic N) is 1. The fourth-order valence-corrected chi connectivity index (χ4v) is 3.16. The van der Waals surface area contributed by atoms with Gasteiger partial charge in [-0.1, -0.05) is 44.0 Å². The maximum absolute atomic E-state index is 12.4. The molecular weight excluding hydrogens is 238 g/mol. The van der Waals surface area contributed by atoms with E-state index in [-0.39, 0.29) is 5.91 Å². The van der Waals surface area contributed by atoms with Crippen molar-refractivity contribution in [3.05, 3.63) is 42.0 Å². The first kappa shape index (κ1) is 12.4. The molecule has 1 fully saturated rings. The van der Waals surface area contributed by atoms with Gasteiger partial charge < -0.3 is 10.0 Å². The lowest BCUT2D eigenvalue weighted by molar-refractivity contribution is -0.0117. The molecule has 0 aromatic heterocycles. The summed E-state index contributed by atoms with van der Waals surface area (Å²) in [6.07, 6.45) is 4.81. The normalized spacial score (nSPS) is 21.6. The van der Waals surface area contributed by atoms with E-state index in [9.17, 15) is 9.90 Å². The highest BCUT2D eigenvalue weighted by Crippen LogP contribution is 2.36. The lowest BCUT2D eigenvalue weighted by atomic mass is 9.84. The Labute approximate surface area is 113 Å². The lowest BCUT2D eigenvalue weighted by Gasteiger charge is -2.35. The maximum atomic E-state index is 12.4. The number of aliphatic hydroxyl groups is 1. The van der Waals surface area contributed by atoms with Crippen molar-refractivity contribution in [2.24, 2.45) is 0 Å². The molecule has 0 unspecified atom stereocenters. The summed E-state index contributed by atoms with van der Waals surface area (Å²) >= 11 is 0. The molecule has 1 saturated carbocycles. The Morgan fingerprint density at radius 2 is 1.79 bits per heavy atom. The van der Waals surface area contributed by atoms with E-state index in [1.54, 1.807) is 4.90 Å². The van der Waals surface area contributed by atoms with Gasteiger partial charge >= 0.3 is 0 Å². The van der Waals surface area contributed by atoms with E-state index < -0.39 is 5.60 Å². The van der Waals surface area contributed by atoms with Crippen molar-refractivity contribution >= 4 is 11.6 Å². The quantitative estimate of drug-likeness (QED) is 0.885. The van der Waals surface area contributed by atoms with Crippen LogP contribution in [0.4, 0.5) is 0 Å². The number of amides is 1. The second-order valence-corrected chi connectivity index (χ2v) is 5.67. The van der Waals surface area contributed by atoms with Crippen LogP contribution < -0.4 is 0 Å². The van der Waals surface area contributed by atoms with Crippen LogP contribution in [0.25, 0.3) is 5.70 Å². The van der Waals surface area contributed by atoms with E-state index >= 15 is 0 Å². The topological polar surface area (TPSA) is 40.5 Å². The van der Waals surface area contributed by atoms with E-state index in [4.69, 9.17) is 0 Å². The average molecular weight is 257 g/mol. The van der Waals surface area contributed by atoms with Gasteiger partial charge in [-0.2, -0.15) is 0 Å². The van der Waals surface area contributed by atoms with Crippen molar-refractivity contribution in [1.82, 2.24) is 4.90 Å². The molecular formula is C16H19NO2. The molecule has 1 aromatic rings. The van der Waals surface area contributed by atoms with Gasteiger partial charge in [-0.05, 0) is 18.9 Å². The Morgan fingerprint density at radius 3 is 2.42 bits per heavy atom. The molecule has 1 aliphatic heterocycles. The zero-order valence-corrected chi connectivity index (χ0v) is 11.1. The number of benzene rings is 1. The third kappa shape index (κ3) is 2.08. The van der Waals surface area contributed by atoms with Gasteiger partial charge in [-0.25, -0.2) is 0 Å². The first-order valence-corrected chi connectivity index (χ1v) is 6.93. The summed E-state index contributed by atoms with van der Waals surface area (Å²) in [5.74, 6) is -0.0281. The van der Waals surface area contributed by atoms with Crippen molar-refractivity contribution in [1.29, 1.82) is 0 Å². The molecule has 1 amide bonds. The fraction of sp³-hybridized carbons (Fsp3) is 0.438. The van der Waals surface area contributed by atoms with Crippen LogP contribution in [-0.4, -0.2) is 28.1 Å². The second-order valence-electron chi connectivity index (χ2n) is 5.67. The highest BCUT2D eigenvalue weighted by molar-refractivity contribution is 6.08. The monoisotopic (exact) mass is 257 g/mol. The summed E-state index contributed by atoms with van der Waals surface area (Å²) < 4.78 is 0. The van der Waals surface area contributed by atoms with Gasteiger partial charge in [-0.3, -0.25) is 4.79 Å². The van der Waals surface area contributed by atoms with Crippen LogP contribution in [0.2, 0.25) is 0 Å². The number of rotatable bonds is 2. The Balaban J connectivity index is 1.84. The SMILES string of the molecule is C=C1c2ccccc2C(=O)N1CC1(O)CCCCC1. The van der Waals surface area contributed by atoms with Crippen LogP contribution >= 0.6 is 0 Å². The molecule has 0 saturated heterocycles. The molecule has 3 nitrogen and oxygen atoms in total. The molecule has 2 aliphatic rings. The zero-order valence-electron chi connectivity index (χ0n) is 11.1. The van der Waals surface area contributed by atoms with Gasteiger partial charge in [0, 0.05) is 16.8 Å². The maximum Gasteiger partial charge on any atom is 0.259 e. The smallest absolute Gasteiger partial charge is 0.259 e. The first-order chi connectivity index (χ1) is 9.11. The second kappa shape index (κ2) is 4.49. The number of hydrogen-bond donors (Lipinski definition) is 1. The third-order valence-electron chi connectivity index (χ3n) is 4.28. The van der Waals surface area contributed by atoms with Crippen LogP contribution in [0.15, 0.2) is 30.8 Å². The van der Waals surface area contributed by atoms with E-state index in [1.165, 1.54) is 6.42 Å². The predicted molar refractivity (Wildman–Crippen MR) is 74.5 cm³/mol. The summed E-state index contributed by atoms with van der Waals surface area (Å²) in [5.41, 5.74) is 1.58. The molecule has 3 rings (SSSR count). The van der Waals surface area contributed by atoms with Crippen molar-refractivity contribution in [3.63, 3.8) is 0 Å². The van der Waals surface area contributed by atoms with Crippen LogP contribution in [0.5, 0.6) is 0 Å². The Hall–Kier alpha value is -1.61. The number of fused-ring (bicyclic) bond motifs is 1. The molecule has 0 bridgehead atoms. The summed E-state index contributed by atoms with van der Waals surface area (Å²) in [6.45, 7) is 4.39. The van der Waals surface area contributed by atoms with Gasteiger partial charge in [-0.15, -0.1) is 0 Å². The predicted octanol–water partition coefficient (Wildman–Crippen LogP) is 2.81. The number of carbonyl (C=O) groups excluding carboxylic acids is 1. The number of carbonyl (C=O) groups is 1. The number of hydrogen-bond acceptors (Lipinski definition) is 2. The summed E-state index contributed by atoms with van der Waals surface area (Å²) in [4.78, 5) is 14.0. The molecule has 0 radical (unpaired) electrons. The van der Waals surface area contributed by atoms with Gasteiger partial charge in [0.25, 0.3) is 5.91 Å². The third-order valence-corrected chi connectivity index (χ3v) is 4.28. The van der Waals surface area contributed by atoms with E-state index in [2.05, 4.69) is 6.58 Å². The molecule has 3 heteroatoms. The zero-order chi connectivity index (χ0) is 13.5. The van der Waals surface area contributed by atoms with Crippen LogP contribution in [0.1, 0.15) is 48.0 Å². The van der Waals surface area contributed by atoms with Crippen LogP contribution in [0.3, 0.4) is 0 Å². The standard InChI is InChI=1S/C16H19NO2/c1-12-13-7-3-4-8-14(13)15(18)17(12)11-16(19)9-5-2-6-10-16/h3-4,7-8,19H,1-2,5-6,9-11H2. The minimum absolute atomic E-state index is 0.0281.